The van der Waals surface area contributed by atoms with E-state index in [4.69, 9.17) is 0 Å². The Balaban J connectivity index is 2.13. The number of allylic oxidation sites excluding steroid dienone is 5. The molecule has 2 N–H and O–H groups in total. The Kier molecular flexibility index (Phi) is 4.94. The average molecular weight is 340 g/mol. The molecule has 0 saturated carbocycles. The van der Waals surface area contributed by atoms with Gasteiger partial charge < -0.3 is 10.0 Å². The Hall–Kier alpha value is -2.88. The van der Waals surface area contributed by atoms with Crippen molar-refractivity contribution in [3.8, 4) is 11.1 Å². The van der Waals surface area contributed by atoms with Crippen LogP contribution in [0.2, 0.25) is 0 Å². The van der Waals surface area contributed by atoms with E-state index in [-0.39, 0.29) is 5.47 Å². The predicted molar refractivity (Wildman–Crippen MR) is 112 cm³/mol. The van der Waals surface area contributed by atoms with Gasteiger partial charge >= 0.3 is 7.12 Å². The molecule has 0 amide bonds. The Bertz CT molecular complexity index is 978. The maximum Gasteiger partial charge on any atom is 0.487 e. The van der Waals surface area contributed by atoms with Gasteiger partial charge in [-0.05, 0) is 56.9 Å². The highest BCUT2D eigenvalue weighted by molar-refractivity contribution is 6.51. The number of fused-ring (bicyclic) bond motifs is 3. The van der Waals surface area contributed by atoms with Crippen LogP contribution >= 0.6 is 0 Å². The lowest BCUT2D eigenvalue weighted by molar-refractivity contribution is 0.421. The summed E-state index contributed by atoms with van der Waals surface area (Å²) in [5.41, 5.74) is 8.85. The summed E-state index contributed by atoms with van der Waals surface area (Å²) in [5, 5.41) is 18.4. The fourth-order valence-electron chi connectivity index (χ4n) is 3.37. The molecule has 1 aliphatic carbocycles. The standard InChI is InChI=1S/C23H21BO2/c1-5-17(12-11-15(3)24(25)26)20-13-14-22-21-10-8-7-9-19(21)16(4)23(22)18(20)6-2/h5-14,25-26H,2-4H2,1H3/b12-11-,17-5+. The zero-order valence-electron chi connectivity index (χ0n) is 14.9. The quantitative estimate of drug-likeness (QED) is 0.512. The molecule has 0 aliphatic heterocycles. The third kappa shape index (κ3) is 2.92. The van der Waals surface area contributed by atoms with E-state index in [1.165, 1.54) is 11.1 Å². The van der Waals surface area contributed by atoms with Crippen LogP contribution in [0.25, 0.3) is 28.3 Å². The van der Waals surface area contributed by atoms with Crippen molar-refractivity contribution in [1.82, 2.24) is 0 Å². The second-order valence-electron chi connectivity index (χ2n) is 6.20. The van der Waals surface area contributed by atoms with Gasteiger partial charge in [0.15, 0.2) is 0 Å². The molecule has 2 aromatic carbocycles. The van der Waals surface area contributed by atoms with E-state index in [2.05, 4.69) is 44.0 Å². The predicted octanol–water partition coefficient (Wildman–Crippen LogP) is 4.90. The van der Waals surface area contributed by atoms with Crippen LogP contribution in [-0.4, -0.2) is 17.2 Å². The lowest BCUT2D eigenvalue weighted by Crippen LogP contribution is -2.12. The molecule has 2 nitrogen and oxygen atoms in total. The van der Waals surface area contributed by atoms with Crippen molar-refractivity contribution in [2.45, 2.75) is 6.92 Å². The zero-order chi connectivity index (χ0) is 18.8. The molecule has 26 heavy (non-hydrogen) atoms. The van der Waals surface area contributed by atoms with Gasteiger partial charge in [-0.1, -0.05) is 80.4 Å². The minimum absolute atomic E-state index is 0.238. The molecule has 0 fully saturated rings. The monoisotopic (exact) mass is 340 g/mol. The van der Waals surface area contributed by atoms with Crippen molar-refractivity contribution in [2.75, 3.05) is 0 Å². The number of hydrogen-bond donors (Lipinski definition) is 2. The minimum Gasteiger partial charge on any atom is -0.423 e. The fraction of sp³-hybridized carbons (Fsp3) is 0.0435. The van der Waals surface area contributed by atoms with Gasteiger partial charge in [0.25, 0.3) is 0 Å². The van der Waals surface area contributed by atoms with Crippen LogP contribution in [0.3, 0.4) is 0 Å². The molecule has 2 aromatic rings. The van der Waals surface area contributed by atoms with Crippen molar-refractivity contribution < 1.29 is 10.0 Å². The van der Waals surface area contributed by atoms with E-state index in [1.54, 1.807) is 6.08 Å². The van der Waals surface area contributed by atoms with Gasteiger partial charge in [0.2, 0.25) is 0 Å². The molecule has 3 heteroatoms. The van der Waals surface area contributed by atoms with Gasteiger partial charge in [-0.25, -0.2) is 0 Å². The Morgan fingerprint density at radius 1 is 1.00 bits per heavy atom. The first-order valence-electron chi connectivity index (χ1n) is 8.47. The second-order valence-corrected chi connectivity index (χ2v) is 6.20. The summed E-state index contributed by atoms with van der Waals surface area (Å²) in [5.74, 6) is 0. The molecular formula is C23H21BO2. The Morgan fingerprint density at radius 2 is 1.69 bits per heavy atom. The number of benzene rings is 2. The first-order chi connectivity index (χ1) is 12.5. The van der Waals surface area contributed by atoms with Gasteiger partial charge in [-0.15, -0.1) is 0 Å². The topological polar surface area (TPSA) is 40.5 Å². The molecule has 0 spiro atoms. The fourth-order valence-corrected chi connectivity index (χ4v) is 3.37. The zero-order valence-corrected chi connectivity index (χ0v) is 14.9. The molecule has 0 atom stereocenters. The lowest BCUT2D eigenvalue weighted by Gasteiger charge is -2.13. The highest BCUT2D eigenvalue weighted by Gasteiger charge is 2.25. The van der Waals surface area contributed by atoms with Gasteiger partial charge in [-0.2, -0.15) is 0 Å². The van der Waals surface area contributed by atoms with Crippen molar-refractivity contribution in [3.63, 3.8) is 0 Å². The first-order valence-corrected chi connectivity index (χ1v) is 8.47. The summed E-state index contributed by atoms with van der Waals surface area (Å²) in [6.07, 6.45) is 7.29. The highest BCUT2D eigenvalue weighted by atomic mass is 16.4. The van der Waals surface area contributed by atoms with E-state index in [1.807, 2.05) is 37.3 Å². The molecule has 0 saturated heterocycles. The van der Waals surface area contributed by atoms with Crippen molar-refractivity contribution >= 4 is 24.3 Å². The van der Waals surface area contributed by atoms with Crippen LogP contribution < -0.4 is 0 Å². The van der Waals surface area contributed by atoms with Crippen LogP contribution in [0.1, 0.15) is 29.2 Å². The molecule has 0 radical (unpaired) electrons. The summed E-state index contributed by atoms with van der Waals surface area (Å²) < 4.78 is 0. The first kappa shape index (κ1) is 17.9. The molecule has 128 valence electrons. The molecule has 0 aromatic heterocycles. The normalized spacial score (nSPS) is 12.9. The smallest absolute Gasteiger partial charge is 0.423 e. The van der Waals surface area contributed by atoms with Gasteiger partial charge in [0.1, 0.15) is 0 Å². The molecule has 1 aliphatic rings. The molecular weight excluding hydrogens is 319 g/mol. The molecule has 0 bridgehead atoms. The summed E-state index contributed by atoms with van der Waals surface area (Å²) in [6, 6.07) is 12.4. The lowest BCUT2D eigenvalue weighted by atomic mass is 9.80. The van der Waals surface area contributed by atoms with Gasteiger partial charge in [-0.3, -0.25) is 0 Å². The molecule has 0 heterocycles. The maximum absolute atomic E-state index is 9.20. The number of rotatable bonds is 5. The van der Waals surface area contributed by atoms with E-state index < -0.39 is 7.12 Å². The van der Waals surface area contributed by atoms with E-state index >= 15 is 0 Å². The Labute approximate surface area is 155 Å². The van der Waals surface area contributed by atoms with Crippen LogP contribution in [0, 0.1) is 0 Å². The van der Waals surface area contributed by atoms with Crippen LogP contribution in [-0.2, 0) is 0 Å². The van der Waals surface area contributed by atoms with E-state index in [0.717, 1.165) is 33.4 Å². The summed E-state index contributed by atoms with van der Waals surface area (Å²) in [4.78, 5) is 0. The summed E-state index contributed by atoms with van der Waals surface area (Å²) in [6.45, 7) is 13.9. The maximum atomic E-state index is 9.20. The van der Waals surface area contributed by atoms with Crippen molar-refractivity contribution in [2.24, 2.45) is 0 Å². The van der Waals surface area contributed by atoms with Crippen LogP contribution in [0.4, 0.5) is 0 Å². The molecule has 0 unspecified atom stereocenters. The summed E-state index contributed by atoms with van der Waals surface area (Å²) in [7, 11) is -1.56. The Morgan fingerprint density at radius 3 is 2.31 bits per heavy atom. The van der Waals surface area contributed by atoms with Crippen molar-refractivity contribution in [3.05, 3.63) is 102 Å². The average Bonchev–Trinajstić information content (AvgIpc) is 2.94. The van der Waals surface area contributed by atoms with E-state index in [9.17, 15) is 10.0 Å². The SMILES string of the molecule is C=Cc1c(C(/C=C\C(=C)B(O)O)=C/C)ccc2c1C(=C)c1ccccc1-2. The third-order valence-corrected chi connectivity index (χ3v) is 4.72. The molecule has 3 rings (SSSR count). The second kappa shape index (κ2) is 7.16. The van der Waals surface area contributed by atoms with Gasteiger partial charge in [0, 0.05) is 0 Å². The third-order valence-electron chi connectivity index (χ3n) is 4.72. The van der Waals surface area contributed by atoms with Crippen LogP contribution in [0.5, 0.6) is 0 Å². The van der Waals surface area contributed by atoms with Crippen molar-refractivity contribution in [1.29, 1.82) is 0 Å². The largest absolute Gasteiger partial charge is 0.487 e. The highest BCUT2D eigenvalue weighted by Crippen LogP contribution is 2.46. The minimum atomic E-state index is -1.56. The summed E-state index contributed by atoms with van der Waals surface area (Å²) >= 11 is 0. The van der Waals surface area contributed by atoms with E-state index in [0.29, 0.717) is 0 Å². The van der Waals surface area contributed by atoms with Gasteiger partial charge in [0.05, 0.1) is 0 Å². The number of hydrogen-bond acceptors (Lipinski definition) is 2. The van der Waals surface area contributed by atoms with Crippen LogP contribution in [0.15, 0.2) is 79.8 Å².